The molecular weight excluding hydrogens is 254 g/mol. The van der Waals surface area contributed by atoms with Crippen molar-refractivity contribution in [2.45, 2.75) is 19.9 Å². The summed E-state index contributed by atoms with van der Waals surface area (Å²) in [6.07, 6.45) is 0. The summed E-state index contributed by atoms with van der Waals surface area (Å²) in [5.74, 6) is -0.676. The molecule has 2 amide bonds. The van der Waals surface area contributed by atoms with Gasteiger partial charge in [-0.1, -0.05) is 11.6 Å². The number of rotatable bonds is 4. The highest BCUT2D eigenvalue weighted by atomic mass is 35.5. The number of nitrogen functional groups attached to an aromatic ring is 1. The Kier molecular flexibility index (Phi) is 4.97. The van der Waals surface area contributed by atoms with E-state index in [0.717, 1.165) is 0 Å². The Bertz CT molecular complexity index is 461. The van der Waals surface area contributed by atoms with Crippen LogP contribution < -0.4 is 16.4 Å². The minimum atomic E-state index is -0.425. The van der Waals surface area contributed by atoms with Crippen LogP contribution in [0.3, 0.4) is 0 Å². The number of anilines is 1. The van der Waals surface area contributed by atoms with Gasteiger partial charge in [-0.15, -0.1) is 0 Å². The molecule has 0 heterocycles. The molecule has 6 heteroatoms. The normalized spacial score (nSPS) is 10.2. The van der Waals surface area contributed by atoms with Gasteiger partial charge in [-0.25, -0.2) is 0 Å². The van der Waals surface area contributed by atoms with Gasteiger partial charge in [-0.3, -0.25) is 9.59 Å². The van der Waals surface area contributed by atoms with E-state index in [9.17, 15) is 9.59 Å². The van der Waals surface area contributed by atoms with Gasteiger partial charge in [0, 0.05) is 11.7 Å². The molecule has 1 rings (SSSR count). The van der Waals surface area contributed by atoms with Gasteiger partial charge in [-0.2, -0.15) is 0 Å². The van der Waals surface area contributed by atoms with Crippen LogP contribution in [0.25, 0.3) is 0 Å². The molecule has 0 bridgehead atoms. The standard InChI is InChI=1S/C12H16ClN3O2/c1-7(2)16-11(17)6-15-12(18)9-5-8(14)3-4-10(9)13/h3-5,7H,6,14H2,1-2H3,(H,15,18)(H,16,17). The average Bonchev–Trinajstić information content (AvgIpc) is 2.28. The Morgan fingerprint density at radius 2 is 2.06 bits per heavy atom. The van der Waals surface area contributed by atoms with E-state index < -0.39 is 5.91 Å². The molecule has 4 N–H and O–H groups in total. The lowest BCUT2D eigenvalue weighted by atomic mass is 10.2. The monoisotopic (exact) mass is 269 g/mol. The number of hydrogen-bond acceptors (Lipinski definition) is 3. The molecule has 0 spiro atoms. The predicted octanol–water partition coefficient (Wildman–Crippen LogP) is 1.18. The van der Waals surface area contributed by atoms with E-state index in [4.69, 9.17) is 17.3 Å². The van der Waals surface area contributed by atoms with Crippen LogP contribution in [0.1, 0.15) is 24.2 Å². The first-order valence-corrected chi connectivity index (χ1v) is 5.90. The minimum absolute atomic E-state index is 0.0327. The van der Waals surface area contributed by atoms with Crippen molar-refractivity contribution < 1.29 is 9.59 Å². The lowest BCUT2D eigenvalue weighted by molar-refractivity contribution is -0.120. The summed E-state index contributed by atoms with van der Waals surface area (Å²) in [7, 11) is 0. The zero-order chi connectivity index (χ0) is 13.7. The number of nitrogens with one attached hydrogen (secondary N) is 2. The van der Waals surface area contributed by atoms with Crippen molar-refractivity contribution >= 4 is 29.1 Å². The first kappa shape index (κ1) is 14.3. The van der Waals surface area contributed by atoms with Crippen LogP contribution in [0.5, 0.6) is 0 Å². The molecule has 0 aromatic heterocycles. The molecule has 1 aromatic carbocycles. The first-order valence-electron chi connectivity index (χ1n) is 5.52. The Hall–Kier alpha value is -1.75. The second-order valence-corrected chi connectivity index (χ2v) is 4.55. The Labute approximate surface area is 111 Å². The van der Waals surface area contributed by atoms with Crippen LogP contribution in [-0.4, -0.2) is 24.4 Å². The third kappa shape index (κ3) is 4.25. The zero-order valence-electron chi connectivity index (χ0n) is 10.3. The topological polar surface area (TPSA) is 84.2 Å². The second kappa shape index (κ2) is 6.26. The van der Waals surface area contributed by atoms with Crippen LogP contribution in [-0.2, 0) is 4.79 Å². The summed E-state index contributed by atoms with van der Waals surface area (Å²) >= 11 is 5.87. The number of halogens is 1. The fourth-order valence-corrected chi connectivity index (χ4v) is 1.55. The van der Waals surface area contributed by atoms with E-state index in [1.54, 1.807) is 12.1 Å². The van der Waals surface area contributed by atoms with Crippen LogP contribution in [0.15, 0.2) is 18.2 Å². The molecule has 0 aliphatic heterocycles. The molecule has 98 valence electrons. The first-order chi connectivity index (χ1) is 8.40. The van der Waals surface area contributed by atoms with E-state index in [1.165, 1.54) is 6.07 Å². The molecule has 0 saturated heterocycles. The number of nitrogens with two attached hydrogens (primary N) is 1. The summed E-state index contributed by atoms with van der Waals surface area (Å²) in [5.41, 5.74) is 6.27. The molecule has 0 atom stereocenters. The lowest BCUT2D eigenvalue weighted by Crippen LogP contribution is -2.39. The highest BCUT2D eigenvalue weighted by molar-refractivity contribution is 6.34. The molecule has 0 aliphatic carbocycles. The SMILES string of the molecule is CC(C)NC(=O)CNC(=O)c1cc(N)ccc1Cl. The highest BCUT2D eigenvalue weighted by Crippen LogP contribution is 2.18. The fourth-order valence-electron chi connectivity index (χ4n) is 1.35. The number of carbonyl (C=O) groups is 2. The van der Waals surface area contributed by atoms with Crippen molar-refractivity contribution in [2.24, 2.45) is 0 Å². The van der Waals surface area contributed by atoms with Crippen LogP contribution in [0.4, 0.5) is 5.69 Å². The number of amides is 2. The van der Waals surface area contributed by atoms with E-state index in [0.29, 0.717) is 10.7 Å². The molecule has 0 aliphatic rings. The minimum Gasteiger partial charge on any atom is -0.399 e. The lowest BCUT2D eigenvalue weighted by Gasteiger charge is -2.10. The van der Waals surface area contributed by atoms with Crippen molar-refractivity contribution in [3.8, 4) is 0 Å². The van der Waals surface area contributed by atoms with Crippen molar-refractivity contribution in [2.75, 3.05) is 12.3 Å². The van der Waals surface area contributed by atoms with E-state index >= 15 is 0 Å². The molecule has 5 nitrogen and oxygen atoms in total. The highest BCUT2D eigenvalue weighted by Gasteiger charge is 2.12. The Morgan fingerprint density at radius 3 is 2.67 bits per heavy atom. The van der Waals surface area contributed by atoms with Gasteiger partial charge < -0.3 is 16.4 Å². The van der Waals surface area contributed by atoms with Crippen LogP contribution in [0.2, 0.25) is 5.02 Å². The maximum Gasteiger partial charge on any atom is 0.253 e. The number of benzene rings is 1. The van der Waals surface area contributed by atoms with Gasteiger partial charge >= 0.3 is 0 Å². The quantitative estimate of drug-likeness (QED) is 0.718. The summed E-state index contributed by atoms with van der Waals surface area (Å²) in [5, 5.41) is 5.44. The Morgan fingerprint density at radius 1 is 1.39 bits per heavy atom. The summed E-state index contributed by atoms with van der Waals surface area (Å²) in [6.45, 7) is 3.59. The van der Waals surface area contributed by atoms with E-state index in [-0.39, 0.29) is 24.1 Å². The van der Waals surface area contributed by atoms with Gasteiger partial charge in [0.15, 0.2) is 0 Å². The van der Waals surface area contributed by atoms with E-state index in [2.05, 4.69) is 10.6 Å². The van der Waals surface area contributed by atoms with Crippen LogP contribution in [0, 0.1) is 0 Å². The van der Waals surface area contributed by atoms with Crippen LogP contribution >= 0.6 is 11.6 Å². The molecule has 1 aromatic rings. The van der Waals surface area contributed by atoms with Gasteiger partial charge in [0.2, 0.25) is 5.91 Å². The van der Waals surface area contributed by atoms with Gasteiger partial charge in [0.05, 0.1) is 17.1 Å². The van der Waals surface area contributed by atoms with E-state index in [1.807, 2.05) is 13.8 Å². The second-order valence-electron chi connectivity index (χ2n) is 4.14. The summed E-state index contributed by atoms with van der Waals surface area (Å²) in [4.78, 5) is 23.1. The zero-order valence-corrected chi connectivity index (χ0v) is 11.0. The van der Waals surface area contributed by atoms with Crippen molar-refractivity contribution in [1.29, 1.82) is 0 Å². The third-order valence-electron chi connectivity index (χ3n) is 2.09. The van der Waals surface area contributed by atoms with Crippen molar-refractivity contribution in [3.05, 3.63) is 28.8 Å². The molecule has 18 heavy (non-hydrogen) atoms. The van der Waals surface area contributed by atoms with Gasteiger partial charge in [-0.05, 0) is 32.0 Å². The average molecular weight is 270 g/mol. The van der Waals surface area contributed by atoms with Gasteiger partial charge in [0.25, 0.3) is 5.91 Å². The Balaban J connectivity index is 2.60. The maximum absolute atomic E-state index is 11.8. The largest absolute Gasteiger partial charge is 0.399 e. The number of carbonyl (C=O) groups excluding carboxylic acids is 2. The number of hydrogen-bond donors (Lipinski definition) is 3. The molecule has 0 unspecified atom stereocenters. The summed E-state index contributed by atoms with van der Waals surface area (Å²) in [6, 6.07) is 4.65. The maximum atomic E-state index is 11.8. The smallest absolute Gasteiger partial charge is 0.253 e. The van der Waals surface area contributed by atoms with Gasteiger partial charge in [0.1, 0.15) is 0 Å². The third-order valence-corrected chi connectivity index (χ3v) is 2.42. The fraction of sp³-hybridized carbons (Fsp3) is 0.333. The molecular formula is C12H16ClN3O2. The van der Waals surface area contributed by atoms with Crippen molar-refractivity contribution in [3.63, 3.8) is 0 Å². The predicted molar refractivity (Wildman–Crippen MR) is 71.5 cm³/mol. The molecule has 0 saturated carbocycles. The van der Waals surface area contributed by atoms with Crippen molar-refractivity contribution in [1.82, 2.24) is 10.6 Å². The molecule has 0 radical (unpaired) electrons. The molecule has 0 fully saturated rings. The summed E-state index contributed by atoms with van der Waals surface area (Å²) < 4.78 is 0.